The van der Waals surface area contributed by atoms with Crippen LogP contribution in [0.2, 0.25) is 10.0 Å². The van der Waals surface area contributed by atoms with Crippen molar-refractivity contribution in [1.29, 1.82) is 0 Å². The molecule has 0 aliphatic rings. The highest BCUT2D eigenvalue weighted by Gasteiger charge is 2.11. The van der Waals surface area contributed by atoms with Crippen molar-refractivity contribution in [1.82, 2.24) is 0 Å². The number of allylic oxidation sites excluding steroid dienone is 1. The van der Waals surface area contributed by atoms with E-state index >= 15 is 0 Å². The van der Waals surface area contributed by atoms with Crippen molar-refractivity contribution in [3.8, 4) is 22.8 Å². The van der Waals surface area contributed by atoms with Gasteiger partial charge in [0, 0.05) is 11.1 Å². The van der Waals surface area contributed by atoms with Crippen LogP contribution in [0.3, 0.4) is 0 Å². The normalized spacial score (nSPS) is 10.9. The molecule has 3 aromatic rings. The van der Waals surface area contributed by atoms with Crippen LogP contribution in [0, 0.1) is 0 Å². The zero-order chi connectivity index (χ0) is 21.7. The Bertz CT molecular complexity index is 1120. The van der Waals surface area contributed by atoms with Crippen LogP contribution in [0.1, 0.15) is 16.1 Å². The van der Waals surface area contributed by atoms with E-state index in [9.17, 15) is 9.59 Å². The molecule has 1 heterocycles. The first-order chi connectivity index (χ1) is 14.4. The Morgan fingerprint density at radius 2 is 1.83 bits per heavy atom. The molecule has 0 amide bonds. The summed E-state index contributed by atoms with van der Waals surface area (Å²) in [5, 5.41) is 9.58. The molecule has 0 saturated carbocycles. The fourth-order valence-electron chi connectivity index (χ4n) is 2.58. The summed E-state index contributed by atoms with van der Waals surface area (Å²) < 4.78 is 16.0. The average molecular weight is 447 g/mol. The Kier molecular flexibility index (Phi) is 6.82. The number of hydrogen-bond donors (Lipinski definition) is 1. The van der Waals surface area contributed by atoms with Gasteiger partial charge in [0.25, 0.3) is 0 Å². The molecule has 1 N–H and O–H groups in total. The second kappa shape index (κ2) is 9.52. The summed E-state index contributed by atoms with van der Waals surface area (Å²) in [4.78, 5) is 23.1. The first-order valence-electron chi connectivity index (χ1n) is 8.67. The molecule has 0 aliphatic heterocycles. The fraction of sp³-hybridized carbons (Fsp3) is 0.0909. The zero-order valence-corrected chi connectivity index (χ0v) is 17.2. The largest absolute Gasteiger partial charge is 0.493 e. The van der Waals surface area contributed by atoms with Crippen molar-refractivity contribution in [3.63, 3.8) is 0 Å². The van der Waals surface area contributed by atoms with E-state index in [0.717, 1.165) is 5.56 Å². The molecule has 0 atom stereocenters. The summed E-state index contributed by atoms with van der Waals surface area (Å²) in [6.45, 7) is -0.511. The van der Waals surface area contributed by atoms with E-state index in [-0.39, 0.29) is 17.3 Å². The minimum absolute atomic E-state index is 0.234. The smallest absolute Gasteiger partial charge is 0.341 e. The topological polar surface area (TPSA) is 86.0 Å². The average Bonchev–Trinajstić information content (AvgIpc) is 3.21. The predicted molar refractivity (Wildman–Crippen MR) is 114 cm³/mol. The number of benzene rings is 2. The second-order valence-electron chi connectivity index (χ2n) is 6.08. The van der Waals surface area contributed by atoms with E-state index in [1.165, 1.54) is 31.4 Å². The van der Waals surface area contributed by atoms with Gasteiger partial charge in [-0.2, -0.15) is 0 Å². The molecule has 1 aromatic heterocycles. The van der Waals surface area contributed by atoms with Crippen LogP contribution in [-0.2, 0) is 4.79 Å². The monoisotopic (exact) mass is 446 g/mol. The molecule has 0 unspecified atom stereocenters. The number of furan rings is 1. The summed E-state index contributed by atoms with van der Waals surface area (Å²) in [6.07, 6.45) is 2.91. The Morgan fingerprint density at radius 1 is 1.03 bits per heavy atom. The van der Waals surface area contributed by atoms with Crippen LogP contribution in [0.5, 0.6) is 11.5 Å². The predicted octanol–water partition coefficient (Wildman–Crippen LogP) is 5.62. The van der Waals surface area contributed by atoms with Gasteiger partial charge < -0.3 is 19.0 Å². The number of carboxylic acid groups (broad SMARTS) is 1. The van der Waals surface area contributed by atoms with E-state index in [4.69, 9.17) is 42.2 Å². The zero-order valence-electron chi connectivity index (χ0n) is 15.7. The molecule has 154 valence electrons. The quantitative estimate of drug-likeness (QED) is 0.356. The van der Waals surface area contributed by atoms with Crippen LogP contribution < -0.4 is 9.47 Å². The maximum atomic E-state index is 12.5. The van der Waals surface area contributed by atoms with Gasteiger partial charge in [-0.05, 0) is 60.7 Å². The summed E-state index contributed by atoms with van der Waals surface area (Å²) in [5.74, 6) is 0.164. The number of halogens is 2. The van der Waals surface area contributed by atoms with Crippen LogP contribution in [0.4, 0.5) is 0 Å². The fourth-order valence-corrected chi connectivity index (χ4v) is 2.88. The third kappa shape index (κ3) is 5.23. The van der Waals surface area contributed by atoms with Crippen LogP contribution >= 0.6 is 23.2 Å². The minimum Gasteiger partial charge on any atom is -0.493 e. The first-order valence-corrected chi connectivity index (χ1v) is 9.43. The number of carbonyl (C=O) groups excluding carboxylic acids is 1. The highest BCUT2D eigenvalue weighted by atomic mass is 35.5. The van der Waals surface area contributed by atoms with Crippen molar-refractivity contribution in [2.75, 3.05) is 13.7 Å². The van der Waals surface area contributed by atoms with Gasteiger partial charge in [-0.15, -0.1) is 0 Å². The molecular formula is C22H16Cl2O6. The number of methoxy groups -OCH3 is 1. The third-order valence-electron chi connectivity index (χ3n) is 4.03. The lowest BCUT2D eigenvalue weighted by Crippen LogP contribution is -2.10. The molecule has 3 rings (SSSR count). The molecular weight excluding hydrogens is 431 g/mol. The van der Waals surface area contributed by atoms with E-state index in [1.54, 1.807) is 36.4 Å². The molecule has 2 aromatic carbocycles. The van der Waals surface area contributed by atoms with E-state index in [1.807, 2.05) is 0 Å². The number of hydrogen-bond acceptors (Lipinski definition) is 5. The van der Waals surface area contributed by atoms with E-state index in [0.29, 0.717) is 27.1 Å². The number of rotatable bonds is 8. The number of ketones is 1. The SMILES string of the molecule is COc1cc(C(=O)C=Cc2ccc(-c3ccc(Cl)c(Cl)c3)o2)ccc1OCC(=O)O. The third-order valence-corrected chi connectivity index (χ3v) is 4.77. The van der Waals surface area contributed by atoms with Crippen molar-refractivity contribution in [2.45, 2.75) is 0 Å². The molecule has 0 radical (unpaired) electrons. The van der Waals surface area contributed by atoms with Gasteiger partial charge in [-0.3, -0.25) is 4.79 Å². The highest BCUT2D eigenvalue weighted by molar-refractivity contribution is 6.42. The van der Waals surface area contributed by atoms with Gasteiger partial charge in [-0.25, -0.2) is 4.79 Å². The number of ether oxygens (including phenoxy) is 2. The Morgan fingerprint density at radius 3 is 2.53 bits per heavy atom. The van der Waals surface area contributed by atoms with Gasteiger partial charge in [0.15, 0.2) is 23.9 Å². The lowest BCUT2D eigenvalue weighted by atomic mass is 10.1. The second-order valence-corrected chi connectivity index (χ2v) is 6.89. The molecule has 30 heavy (non-hydrogen) atoms. The number of carboxylic acids is 1. The van der Waals surface area contributed by atoms with Gasteiger partial charge in [0.2, 0.25) is 0 Å². The lowest BCUT2D eigenvalue weighted by Gasteiger charge is -2.09. The summed E-state index contributed by atoms with van der Waals surface area (Å²) in [6, 6.07) is 13.1. The molecule has 0 aliphatic carbocycles. The Hall–Kier alpha value is -3.22. The van der Waals surface area contributed by atoms with Gasteiger partial charge in [0.05, 0.1) is 17.2 Å². The summed E-state index contributed by atoms with van der Waals surface area (Å²) >= 11 is 12.0. The van der Waals surface area contributed by atoms with Crippen LogP contribution in [0.15, 0.2) is 59.0 Å². The molecule has 8 heteroatoms. The molecule has 6 nitrogen and oxygen atoms in total. The van der Waals surface area contributed by atoms with E-state index in [2.05, 4.69) is 0 Å². The van der Waals surface area contributed by atoms with Crippen LogP contribution in [-0.4, -0.2) is 30.6 Å². The lowest BCUT2D eigenvalue weighted by molar-refractivity contribution is -0.139. The van der Waals surface area contributed by atoms with Crippen molar-refractivity contribution in [2.24, 2.45) is 0 Å². The van der Waals surface area contributed by atoms with Crippen molar-refractivity contribution >= 4 is 41.0 Å². The standard InChI is InChI=1S/C22H16Cl2O6/c1-28-21-11-13(3-8-20(21)29-12-22(26)27)18(25)7-4-15-5-9-19(30-15)14-2-6-16(23)17(24)10-14/h2-11H,12H2,1H3,(H,26,27). The maximum Gasteiger partial charge on any atom is 0.341 e. The van der Waals surface area contributed by atoms with Crippen molar-refractivity contribution in [3.05, 3.63) is 76.0 Å². The molecule has 0 spiro atoms. The first kappa shape index (κ1) is 21.5. The molecule has 0 saturated heterocycles. The van der Waals surface area contributed by atoms with Gasteiger partial charge in [-0.1, -0.05) is 23.2 Å². The number of aliphatic carboxylic acids is 1. The maximum absolute atomic E-state index is 12.5. The molecule has 0 fully saturated rings. The Labute approximate surface area is 182 Å². The summed E-state index contributed by atoms with van der Waals surface area (Å²) in [5.41, 5.74) is 1.11. The highest BCUT2D eigenvalue weighted by Crippen LogP contribution is 2.30. The van der Waals surface area contributed by atoms with Crippen molar-refractivity contribution < 1.29 is 28.6 Å². The number of carbonyl (C=O) groups is 2. The van der Waals surface area contributed by atoms with Gasteiger partial charge in [0.1, 0.15) is 11.5 Å². The van der Waals surface area contributed by atoms with Gasteiger partial charge >= 0.3 is 5.97 Å². The van der Waals surface area contributed by atoms with Crippen LogP contribution in [0.25, 0.3) is 17.4 Å². The summed E-state index contributed by atoms with van der Waals surface area (Å²) in [7, 11) is 1.40. The Balaban J connectivity index is 1.73. The minimum atomic E-state index is -1.11. The molecule has 0 bridgehead atoms. The van der Waals surface area contributed by atoms with E-state index < -0.39 is 12.6 Å².